The van der Waals surface area contributed by atoms with Gasteiger partial charge in [0.25, 0.3) is 0 Å². The number of alkyl halides is 4. The third kappa shape index (κ3) is 17.2. The Morgan fingerprint density at radius 3 is 1.42 bits per heavy atom. The Kier molecular flexibility index (Phi) is 15.7. The summed E-state index contributed by atoms with van der Waals surface area (Å²) in [5, 5.41) is 16.6. The SMILES string of the molecule is OC(CCl)CCl.OC(Cl)CCCl. The molecule has 0 fully saturated rings. The second-order valence-corrected chi connectivity index (χ2v) is 3.37. The van der Waals surface area contributed by atoms with Crippen LogP contribution in [0.15, 0.2) is 0 Å². The van der Waals surface area contributed by atoms with E-state index in [-0.39, 0.29) is 11.8 Å². The van der Waals surface area contributed by atoms with E-state index < -0.39 is 11.7 Å². The predicted molar refractivity (Wildman–Crippen MR) is 54.6 cm³/mol. The Balaban J connectivity index is 0. The fraction of sp³-hybridized carbons (Fsp3) is 1.00. The van der Waals surface area contributed by atoms with Crippen molar-refractivity contribution < 1.29 is 10.2 Å². The number of aliphatic hydroxyl groups excluding tert-OH is 2. The van der Waals surface area contributed by atoms with Gasteiger partial charge < -0.3 is 10.2 Å². The summed E-state index contributed by atoms with van der Waals surface area (Å²) in [6, 6.07) is 0. The van der Waals surface area contributed by atoms with Crippen molar-refractivity contribution in [3.8, 4) is 0 Å². The molecule has 0 bridgehead atoms. The fourth-order valence-electron chi connectivity index (χ4n) is 0.131. The lowest BCUT2D eigenvalue weighted by Gasteiger charge is -1.94. The Hall–Kier alpha value is 1.08. The molecule has 0 aliphatic rings. The molecule has 0 amide bonds. The van der Waals surface area contributed by atoms with Crippen LogP contribution >= 0.6 is 46.4 Å². The largest absolute Gasteiger partial charge is 0.391 e. The van der Waals surface area contributed by atoms with Gasteiger partial charge in [0, 0.05) is 24.1 Å². The second kappa shape index (κ2) is 12.1. The summed E-state index contributed by atoms with van der Waals surface area (Å²) in [7, 11) is 0. The van der Waals surface area contributed by atoms with Crippen molar-refractivity contribution in [2.75, 3.05) is 17.6 Å². The van der Waals surface area contributed by atoms with Gasteiger partial charge in [-0.25, -0.2) is 0 Å². The van der Waals surface area contributed by atoms with E-state index in [4.69, 9.17) is 56.6 Å². The van der Waals surface area contributed by atoms with Crippen LogP contribution in [0.5, 0.6) is 0 Å². The van der Waals surface area contributed by atoms with Crippen LogP contribution in [0.4, 0.5) is 0 Å². The summed E-state index contributed by atoms with van der Waals surface area (Å²) in [5.74, 6) is 0.873. The van der Waals surface area contributed by atoms with Crippen LogP contribution in [-0.2, 0) is 0 Å². The molecule has 0 heterocycles. The minimum atomic E-state index is -0.762. The molecular weight excluding hydrogens is 246 g/mol. The minimum absolute atomic E-state index is 0.226. The van der Waals surface area contributed by atoms with E-state index in [1.165, 1.54) is 0 Å². The van der Waals surface area contributed by atoms with Crippen LogP contribution in [0, 0.1) is 0 Å². The fourth-order valence-corrected chi connectivity index (χ4v) is 0.889. The van der Waals surface area contributed by atoms with Gasteiger partial charge in [-0.05, 0) is 0 Å². The van der Waals surface area contributed by atoms with Crippen LogP contribution in [0.25, 0.3) is 0 Å². The number of hydrogen-bond acceptors (Lipinski definition) is 2. The molecule has 2 N–H and O–H groups in total. The van der Waals surface area contributed by atoms with E-state index in [0.717, 1.165) is 0 Å². The molecule has 0 saturated heterocycles. The maximum Gasteiger partial charge on any atom is 0.129 e. The molecule has 0 saturated carbocycles. The molecule has 0 spiro atoms. The maximum atomic E-state index is 8.40. The molecule has 1 atom stereocenters. The maximum absolute atomic E-state index is 8.40. The monoisotopic (exact) mass is 256 g/mol. The first-order valence-electron chi connectivity index (χ1n) is 3.26. The molecule has 76 valence electrons. The zero-order valence-corrected chi connectivity index (χ0v) is 9.41. The van der Waals surface area contributed by atoms with Crippen LogP contribution in [0.2, 0.25) is 0 Å². The molecule has 0 aromatic rings. The average molecular weight is 258 g/mol. The Morgan fingerprint density at radius 1 is 1.00 bits per heavy atom. The van der Waals surface area contributed by atoms with Crippen LogP contribution in [0.3, 0.4) is 0 Å². The summed E-state index contributed by atoms with van der Waals surface area (Å²) in [6.07, 6.45) is -0.0725. The van der Waals surface area contributed by atoms with Crippen LogP contribution in [-0.4, -0.2) is 39.5 Å². The molecule has 0 aromatic heterocycles. The van der Waals surface area contributed by atoms with Crippen molar-refractivity contribution in [3.05, 3.63) is 0 Å². The van der Waals surface area contributed by atoms with Gasteiger partial charge in [-0.1, -0.05) is 11.6 Å². The van der Waals surface area contributed by atoms with Crippen LogP contribution in [0.1, 0.15) is 6.42 Å². The van der Waals surface area contributed by atoms with Gasteiger partial charge in [0.2, 0.25) is 0 Å². The van der Waals surface area contributed by atoms with E-state index in [9.17, 15) is 0 Å². The van der Waals surface area contributed by atoms with Crippen molar-refractivity contribution in [3.63, 3.8) is 0 Å². The Labute approximate surface area is 92.4 Å². The van der Waals surface area contributed by atoms with Gasteiger partial charge >= 0.3 is 0 Å². The highest BCUT2D eigenvalue weighted by molar-refractivity contribution is 6.21. The van der Waals surface area contributed by atoms with Crippen LogP contribution < -0.4 is 0 Å². The standard InChI is InChI=1S/2C3H6Cl2O/c4-1-3(6)2-5;4-2-1-3(5)6/h2*3,6H,1-2H2. The highest BCUT2D eigenvalue weighted by Gasteiger charge is 1.94. The predicted octanol–water partition coefficient (Wildman–Crippen LogP) is 2.00. The Morgan fingerprint density at radius 2 is 1.42 bits per heavy atom. The molecule has 6 heteroatoms. The second-order valence-electron chi connectivity index (χ2n) is 1.87. The minimum Gasteiger partial charge on any atom is -0.391 e. The number of aliphatic hydroxyl groups is 2. The lowest BCUT2D eigenvalue weighted by atomic mass is 10.5. The van der Waals surface area contributed by atoms with Gasteiger partial charge in [0.05, 0.1) is 6.10 Å². The smallest absolute Gasteiger partial charge is 0.129 e. The van der Waals surface area contributed by atoms with Gasteiger partial charge in [-0.3, -0.25) is 0 Å². The van der Waals surface area contributed by atoms with E-state index in [0.29, 0.717) is 12.3 Å². The van der Waals surface area contributed by atoms with Crippen molar-refractivity contribution >= 4 is 46.4 Å². The zero-order chi connectivity index (χ0) is 9.98. The average Bonchev–Trinajstić information content (AvgIpc) is 2.04. The van der Waals surface area contributed by atoms with Gasteiger partial charge in [0.1, 0.15) is 5.56 Å². The van der Waals surface area contributed by atoms with Crippen molar-refractivity contribution in [1.29, 1.82) is 0 Å². The molecule has 0 aromatic carbocycles. The summed E-state index contributed by atoms with van der Waals surface area (Å²) in [4.78, 5) is 0. The quantitative estimate of drug-likeness (QED) is 0.757. The highest BCUT2D eigenvalue weighted by atomic mass is 35.5. The third-order valence-corrected chi connectivity index (χ3v) is 1.85. The first-order chi connectivity index (χ1) is 5.58. The van der Waals surface area contributed by atoms with Gasteiger partial charge in [-0.15, -0.1) is 34.8 Å². The molecule has 2 nitrogen and oxygen atoms in total. The van der Waals surface area contributed by atoms with E-state index in [1.807, 2.05) is 0 Å². The summed E-state index contributed by atoms with van der Waals surface area (Å²) < 4.78 is 0. The molecule has 0 rings (SSSR count). The molecule has 0 aliphatic heterocycles. The van der Waals surface area contributed by atoms with Crippen molar-refractivity contribution in [1.82, 2.24) is 0 Å². The van der Waals surface area contributed by atoms with Crippen molar-refractivity contribution in [2.45, 2.75) is 18.1 Å². The van der Waals surface area contributed by atoms with Gasteiger partial charge in [0.15, 0.2) is 0 Å². The first kappa shape index (κ1) is 15.5. The number of rotatable bonds is 4. The normalized spacial score (nSPS) is 12.2. The summed E-state index contributed by atoms with van der Waals surface area (Å²) in [6.45, 7) is 0. The molecule has 0 radical (unpaired) electrons. The van der Waals surface area contributed by atoms with Crippen molar-refractivity contribution in [2.24, 2.45) is 0 Å². The van der Waals surface area contributed by atoms with Gasteiger partial charge in [-0.2, -0.15) is 0 Å². The van der Waals surface area contributed by atoms with E-state index >= 15 is 0 Å². The third-order valence-electron chi connectivity index (χ3n) is 0.704. The lowest BCUT2D eigenvalue weighted by Crippen LogP contribution is -2.08. The molecule has 12 heavy (non-hydrogen) atoms. The lowest BCUT2D eigenvalue weighted by molar-refractivity contribution is 0.222. The first-order valence-corrected chi connectivity index (χ1v) is 5.30. The van der Waals surface area contributed by atoms with E-state index in [2.05, 4.69) is 0 Å². The Bertz CT molecular complexity index is 77.9. The van der Waals surface area contributed by atoms with E-state index in [1.54, 1.807) is 0 Å². The molecule has 1 unspecified atom stereocenters. The summed E-state index contributed by atoms with van der Waals surface area (Å²) in [5.41, 5.74) is -0.762. The summed E-state index contributed by atoms with van der Waals surface area (Å²) >= 11 is 20.4. The molecular formula is C6H12Cl4O2. The topological polar surface area (TPSA) is 40.5 Å². The number of halogens is 4. The zero-order valence-electron chi connectivity index (χ0n) is 6.39. The highest BCUT2D eigenvalue weighted by Crippen LogP contribution is 1.96. The number of hydrogen-bond donors (Lipinski definition) is 2. The molecule has 0 aliphatic carbocycles.